The standard InChI is InChI=1S/C15H24N2O2/c1-12(2)9-16-10-13-5-3-7-17(15(13)18)11-14-6-4-8-19-14/h3,5,7,12,14,16H,4,6,8-11H2,1-2H3. The Morgan fingerprint density at radius 3 is 3.05 bits per heavy atom. The van der Waals surface area contributed by atoms with Gasteiger partial charge in [0, 0.05) is 24.9 Å². The highest BCUT2D eigenvalue weighted by Crippen LogP contribution is 2.13. The lowest BCUT2D eigenvalue weighted by molar-refractivity contribution is 0.0961. The number of rotatable bonds is 6. The van der Waals surface area contributed by atoms with E-state index in [4.69, 9.17) is 4.74 Å². The predicted molar refractivity (Wildman–Crippen MR) is 76.2 cm³/mol. The van der Waals surface area contributed by atoms with Crippen molar-refractivity contribution in [1.82, 2.24) is 9.88 Å². The van der Waals surface area contributed by atoms with Crippen LogP contribution in [0.2, 0.25) is 0 Å². The second kappa shape index (κ2) is 6.87. The minimum absolute atomic E-state index is 0.106. The minimum Gasteiger partial charge on any atom is -0.376 e. The van der Waals surface area contributed by atoms with Crippen molar-refractivity contribution < 1.29 is 4.74 Å². The average molecular weight is 264 g/mol. The number of nitrogens with one attached hydrogen (secondary N) is 1. The van der Waals surface area contributed by atoms with E-state index in [-0.39, 0.29) is 11.7 Å². The van der Waals surface area contributed by atoms with Gasteiger partial charge < -0.3 is 14.6 Å². The molecule has 1 atom stereocenters. The highest BCUT2D eigenvalue weighted by atomic mass is 16.5. The van der Waals surface area contributed by atoms with Crippen LogP contribution in [0.3, 0.4) is 0 Å². The first kappa shape index (κ1) is 14.3. The molecule has 2 rings (SSSR count). The molecular formula is C15H24N2O2. The van der Waals surface area contributed by atoms with Gasteiger partial charge >= 0.3 is 0 Å². The van der Waals surface area contributed by atoms with Crippen molar-refractivity contribution in [3.8, 4) is 0 Å². The van der Waals surface area contributed by atoms with Gasteiger partial charge in [0.25, 0.3) is 5.56 Å². The molecule has 1 fully saturated rings. The van der Waals surface area contributed by atoms with Gasteiger partial charge in [0.05, 0.1) is 12.6 Å². The zero-order valence-corrected chi connectivity index (χ0v) is 11.9. The first-order chi connectivity index (χ1) is 9.16. The lowest BCUT2D eigenvalue weighted by Crippen LogP contribution is -2.31. The third-order valence-corrected chi connectivity index (χ3v) is 3.39. The van der Waals surface area contributed by atoms with Gasteiger partial charge in [-0.05, 0) is 31.4 Å². The SMILES string of the molecule is CC(C)CNCc1cccn(CC2CCCO2)c1=O. The Labute approximate surface area is 114 Å². The zero-order chi connectivity index (χ0) is 13.7. The predicted octanol–water partition coefficient (Wildman–Crippen LogP) is 1.77. The van der Waals surface area contributed by atoms with Gasteiger partial charge in [-0.3, -0.25) is 4.79 Å². The molecule has 0 spiro atoms. The van der Waals surface area contributed by atoms with Crippen molar-refractivity contribution in [3.63, 3.8) is 0 Å². The van der Waals surface area contributed by atoms with Crippen LogP contribution in [-0.2, 0) is 17.8 Å². The van der Waals surface area contributed by atoms with Crippen molar-refractivity contribution >= 4 is 0 Å². The largest absolute Gasteiger partial charge is 0.376 e. The van der Waals surface area contributed by atoms with Crippen LogP contribution in [-0.4, -0.2) is 23.8 Å². The molecule has 0 bridgehead atoms. The number of ether oxygens (including phenoxy) is 1. The highest BCUT2D eigenvalue weighted by Gasteiger charge is 2.16. The fourth-order valence-corrected chi connectivity index (χ4v) is 2.37. The smallest absolute Gasteiger partial charge is 0.255 e. The Hall–Kier alpha value is -1.13. The summed E-state index contributed by atoms with van der Waals surface area (Å²) in [5.41, 5.74) is 0.940. The van der Waals surface area contributed by atoms with Crippen LogP contribution in [0.25, 0.3) is 0 Å². The summed E-state index contributed by atoms with van der Waals surface area (Å²) in [5.74, 6) is 0.595. The fourth-order valence-electron chi connectivity index (χ4n) is 2.37. The topological polar surface area (TPSA) is 43.3 Å². The molecule has 0 aliphatic carbocycles. The Balaban J connectivity index is 1.98. The maximum Gasteiger partial charge on any atom is 0.255 e. The molecule has 1 saturated heterocycles. The summed E-state index contributed by atoms with van der Waals surface area (Å²) in [5, 5.41) is 3.32. The maximum absolute atomic E-state index is 12.3. The summed E-state index contributed by atoms with van der Waals surface area (Å²) < 4.78 is 7.37. The van der Waals surface area contributed by atoms with Gasteiger partial charge in [0.1, 0.15) is 0 Å². The van der Waals surface area contributed by atoms with E-state index >= 15 is 0 Å². The Kier molecular flexibility index (Phi) is 5.16. The first-order valence-electron chi connectivity index (χ1n) is 7.17. The second-order valence-corrected chi connectivity index (χ2v) is 5.65. The quantitative estimate of drug-likeness (QED) is 0.851. The summed E-state index contributed by atoms with van der Waals surface area (Å²) in [7, 11) is 0. The molecule has 4 heteroatoms. The van der Waals surface area contributed by atoms with Crippen molar-refractivity contribution in [2.45, 2.75) is 45.9 Å². The van der Waals surface area contributed by atoms with Gasteiger partial charge in [-0.25, -0.2) is 0 Å². The van der Waals surface area contributed by atoms with Crippen LogP contribution in [0.1, 0.15) is 32.3 Å². The van der Waals surface area contributed by atoms with E-state index < -0.39 is 0 Å². The van der Waals surface area contributed by atoms with E-state index in [1.807, 2.05) is 18.3 Å². The molecule has 1 aromatic heterocycles. The lowest BCUT2D eigenvalue weighted by atomic mass is 10.2. The molecule has 1 aliphatic heterocycles. The van der Waals surface area contributed by atoms with Crippen molar-refractivity contribution in [2.75, 3.05) is 13.2 Å². The first-order valence-corrected chi connectivity index (χ1v) is 7.17. The molecule has 1 N–H and O–H groups in total. The van der Waals surface area contributed by atoms with Crippen LogP contribution in [0.5, 0.6) is 0 Å². The molecule has 2 heterocycles. The van der Waals surface area contributed by atoms with Crippen molar-refractivity contribution in [2.24, 2.45) is 5.92 Å². The third-order valence-electron chi connectivity index (χ3n) is 3.39. The van der Waals surface area contributed by atoms with E-state index in [0.717, 1.165) is 31.6 Å². The van der Waals surface area contributed by atoms with Gasteiger partial charge in [-0.15, -0.1) is 0 Å². The van der Waals surface area contributed by atoms with Gasteiger partial charge in [0.15, 0.2) is 0 Å². The monoisotopic (exact) mass is 264 g/mol. The van der Waals surface area contributed by atoms with Crippen molar-refractivity contribution in [1.29, 1.82) is 0 Å². The number of hydrogen-bond donors (Lipinski definition) is 1. The molecule has 1 aliphatic rings. The van der Waals surface area contributed by atoms with E-state index in [1.165, 1.54) is 0 Å². The van der Waals surface area contributed by atoms with E-state index in [1.54, 1.807) is 4.57 Å². The molecule has 19 heavy (non-hydrogen) atoms. The summed E-state index contributed by atoms with van der Waals surface area (Å²) in [6, 6.07) is 3.85. The Morgan fingerprint density at radius 2 is 2.37 bits per heavy atom. The molecule has 106 valence electrons. The van der Waals surface area contributed by atoms with Gasteiger partial charge in [-0.1, -0.05) is 19.9 Å². The van der Waals surface area contributed by atoms with Crippen LogP contribution in [0.15, 0.2) is 23.1 Å². The fraction of sp³-hybridized carbons (Fsp3) is 0.667. The van der Waals surface area contributed by atoms with Gasteiger partial charge in [0.2, 0.25) is 0 Å². The molecule has 1 aromatic rings. The summed E-state index contributed by atoms with van der Waals surface area (Å²) in [4.78, 5) is 12.3. The van der Waals surface area contributed by atoms with Gasteiger partial charge in [-0.2, -0.15) is 0 Å². The van der Waals surface area contributed by atoms with Crippen LogP contribution in [0, 0.1) is 5.92 Å². The molecule has 4 nitrogen and oxygen atoms in total. The lowest BCUT2D eigenvalue weighted by Gasteiger charge is -2.13. The van der Waals surface area contributed by atoms with E-state index in [9.17, 15) is 4.79 Å². The molecule has 0 aromatic carbocycles. The normalized spacial score (nSPS) is 19.2. The number of aromatic nitrogens is 1. The summed E-state index contributed by atoms with van der Waals surface area (Å²) >= 11 is 0. The minimum atomic E-state index is 0.106. The van der Waals surface area contributed by atoms with Crippen LogP contribution in [0.4, 0.5) is 0 Å². The molecule has 0 saturated carbocycles. The third kappa shape index (κ3) is 4.18. The van der Waals surface area contributed by atoms with Crippen LogP contribution >= 0.6 is 0 Å². The second-order valence-electron chi connectivity index (χ2n) is 5.65. The Bertz CT molecular complexity index is 448. The van der Waals surface area contributed by atoms with E-state index in [2.05, 4.69) is 19.2 Å². The number of pyridine rings is 1. The molecular weight excluding hydrogens is 240 g/mol. The number of hydrogen-bond acceptors (Lipinski definition) is 3. The van der Waals surface area contributed by atoms with Crippen molar-refractivity contribution in [3.05, 3.63) is 34.2 Å². The zero-order valence-electron chi connectivity index (χ0n) is 11.9. The average Bonchev–Trinajstić information content (AvgIpc) is 2.86. The summed E-state index contributed by atoms with van der Waals surface area (Å²) in [6.45, 7) is 7.40. The van der Waals surface area contributed by atoms with E-state index in [0.29, 0.717) is 19.0 Å². The highest BCUT2D eigenvalue weighted by molar-refractivity contribution is 5.10. The Morgan fingerprint density at radius 1 is 1.53 bits per heavy atom. The maximum atomic E-state index is 12.3. The molecule has 0 radical (unpaired) electrons. The molecule has 0 amide bonds. The molecule has 1 unspecified atom stereocenters. The van der Waals surface area contributed by atoms with Crippen LogP contribution < -0.4 is 10.9 Å². The summed E-state index contributed by atoms with van der Waals surface area (Å²) in [6.07, 6.45) is 4.23. The number of nitrogens with zero attached hydrogens (tertiary/aromatic N) is 1.